The van der Waals surface area contributed by atoms with E-state index in [1.807, 2.05) is 24.3 Å². The fourth-order valence-electron chi connectivity index (χ4n) is 3.42. The lowest BCUT2D eigenvalue weighted by Gasteiger charge is -2.29. The minimum atomic E-state index is -0.861. The van der Waals surface area contributed by atoms with Crippen molar-refractivity contribution in [2.24, 2.45) is 0 Å². The lowest BCUT2D eigenvalue weighted by Crippen LogP contribution is -2.49. The number of benzene rings is 1. The van der Waals surface area contributed by atoms with Gasteiger partial charge in [0.15, 0.2) is 0 Å². The van der Waals surface area contributed by atoms with Crippen LogP contribution in [0.1, 0.15) is 43.6 Å². The van der Waals surface area contributed by atoms with Gasteiger partial charge >= 0.3 is 5.97 Å². The van der Waals surface area contributed by atoms with Gasteiger partial charge in [-0.15, -0.1) is 0 Å². The Morgan fingerprint density at radius 2 is 2.00 bits per heavy atom. The van der Waals surface area contributed by atoms with Crippen LogP contribution in [-0.2, 0) is 9.59 Å². The summed E-state index contributed by atoms with van der Waals surface area (Å²) in [5.74, 6) is -0.577. The summed E-state index contributed by atoms with van der Waals surface area (Å²) in [5.41, 5.74) is 0.305. The molecule has 0 radical (unpaired) electrons. The van der Waals surface area contributed by atoms with Crippen LogP contribution in [0.15, 0.2) is 24.3 Å². The maximum atomic E-state index is 12.6. The average molecular weight is 289 g/mol. The van der Waals surface area contributed by atoms with E-state index in [0.29, 0.717) is 6.61 Å². The molecule has 5 heteroatoms. The van der Waals surface area contributed by atoms with Crippen molar-refractivity contribution in [3.8, 4) is 5.75 Å². The van der Waals surface area contributed by atoms with Crippen LogP contribution in [0, 0.1) is 0 Å². The van der Waals surface area contributed by atoms with Crippen molar-refractivity contribution in [3.63, 3.8) is 0 Å². The highest BCUT2D eigenvalue weighted by Crippen LogP contribution is 2.37. The van der Waals surface area contributed by atoms with Gasteiger partial charge in [0.2, 0.25) is 5.91 Å². The summed E-state index contributed by atoms with van der Waals surface area (Å²) >= 11 is 0. The van der Waals surface area contributed by atoms with Gasteiger partial charge in [0, 0.05) is 5.56 Å². The van der Waals surface area contributed by atoms with Crippen molar-refractivity contribution < 1.29 is 19.4 Å². The molecule has 0 saturated heterocycles. The number of amides is 1. The molecule has 1 amide bonds. The minimum absolute atomic E-state index is 0.00599. The van der Waals surface area contributed by atoms with Gasteiger partial charge in [-0.1, -0.05) is 31.0 Å². The van der Waals surface area contributed by atoms with Gasteiger partial charge in [-0.05, 0) is 18.9 Å². The van der Waals surface area contributed by atoms with E-state index in [4.69, 9.17) is 9.84 Å². The summed E-state index contributed by atoms with van der Waals surface area (Å²) in [4.78, 5) is 23.7. The third-order valence-electron chi connectivity index (χ3n) is 4.46. The Hall–Kier alpha value is -2.04. The number of nitrogens with one attached hydrogen (secondary N) is 1. The second-order valence-electron chi connectivity index (χ2n) is 5.95. The maximum Gasteiger partial charge on any atom is 0.305 e. The molecule has 112 valence electrons. The Balaban J connectivity index is 1.75. The number of aliphatic carboxylic acids is 1. The summed E-state index contributed by atoms with van der Waals surface area (Å²) in [6.07, 6.45) is 3.39. The average Bonchev–Trinajstić information content (AvgIpc) is 3.04. The monoisotopic (exact) mass is 289 g/mol. The Bertz CT molecular complexity index is 563. The molecule has 1 saturated carbocycles. The number of rotatable bonds is 4. The van der Waals surface area contributed by atoms with Gasteiger partial charge in [-0.3, -0.25) is 9.59 Å². The Kier molecular flexibility index (Phi) is 3.57. The first-order valence-corrected chi connectivity index (χ1v) is 7.35. The molecule has 0 spiro atoms. The second kappa shape index (κ2) is 5.39. The van der Waals surface area contributed by atoms with Crippen LogP contribution in [0.3, 0.4) is 0 Å². The number of carboxylic acid groups (broad SMARTS) is 1. The molecule has 1 aromatic carbocycles. The molecule has 1 unspecified atom stereocenters. The molecular formula is C16H19NO4. The number of para-hydroxylation sites is 1. The van der Waals surface area contributed by atoms with Gasteiger partial charge in [0.25, 0.3) is 0 Å². The van der Waals surface area contributed by atoms with E-state index in [2.05, 4.69) is 5.32 Å². The highest BCUT2D eigenvalue weighted by Gasteiger charge is 2.40. The number of carbonyl (C=O) groups is 2. The van der Waals surface area contributed by atoms with E-state index in [1.165, 1.54) is 0 Å². The lowest BCUT2D eigenvalue weighted by atomic mass is 9.91. The van der Waals surface area contributed by atoms with Gasteiger partial charge in [0.05, 0.1) is 12.0 Å². The normalized spacial score (nSPS) is 22.4. The van der Waals surface area contributed by atoms with Crippen molar-refractivity contribution in [2.45, 2.75) is 43.6 Å². The number of hydrogen-bond acceptors (Lipinski definition) is 3. The second-order valence-corrected chi connectivity index (χ2v) is 5.95. The van der Waals surface area contributed by atoms with E-state index in [0.717, 1.165) is 37.0 Å². The van der Waals surface area contributed by atoms with Crippen LogP contribution in [0.2, 0.25) is 0 Å². The Labute approximate surface area is 123 Å². The highest BCUT2D eigenvalue weighted by atomic mass is 16.5. The number of hydrogen-bond donors (Lipinski definition) is 2. The predicted molar refractivity (Wildman–Crippen MR) is 76.3 cm³/mol. The van der Waals surface area contributed by atoms with E-state index in [1.54, 1.807) is 0 Å². The molecule has 1 aliphatic heterocycles. The van der Waals surface area contributed by atoms with E-state index >= 15 is 0 Å². The fraction of sp³-hybridized carbons (Fsp3) is 0.500. The molecule has 1 aliphatic carbocycles. The molecule has 2 N–H and O–H groups in total. The maximum absolute atomic E-state index is 12.6. The van der Waals surface area contributed by atoms with Crippen molar-refractivity contribution in [1.29, 1.82) is 0 Å². The largest absolute Gasteiger partial charge is 0.492 e. The summed E-state index contributed by atoms with van der Waals surface area (Å²) in [6, 6.07) is 7.51. The molecule has 5 nitrogen and oxygen atoms in total. The van der Waals surface area contributed by atoms with E-state index in [9.17, 15) is 9.59 Å². The molecule has 0 aromatic heterocycles. The number of carboxylic acids is 1. The molecule has 2 aliphatic rings. The summed E-state index contributed by atoms with van der Waals surface area (Å²) in [5, 5.41) is 12.1. The Morgan fingerprint density at radius 3 is 2.71 bits per heavy atom. The molecule has 1 aromatic rings. The van der Waals surface area contributed by atoms with Gasteiger partial charge < -0.3 is 15.2 Å². The topological polar surface area (TPSA) is 75.6 Å². The summed E-state index contributed by atoms with van der Waals surface area (Å²) < 4.78 is 5.53. The van der Waals surface area contributed by atoms with Gasteiger partial charge in [-0.25, -0.2) is 0 Å². The Morgan fingerprint density at radius 1 is 1.29 bits per heavy atom. The molecular weight excluding hydrogens is 270 g/mol. The predicted octanol–water partition coefficient (Wildman–Crippen LogP) is 2.07. The molecule has 3 rings (SSSR count). The molecule has 21 heavy (non-hydrogen) atoms. The smallest absolute Gasteiger partial charge is 0.305 e. The minimum Gasteiger partial charge on any atom is -0.492 e. The van der Waals surface area contributed by atoms with Crippen molar-refractivity contribution in [1.82, 2.24) is 5.32 Å². The van der Waals surface area contributed by atoms with E-state index < -0.39 is 11.5 Å². The first-order chi connectivity index (χ1) is 10.1. The van der Waals surface area contributed by atoms with Crippen molar-refractivity contribution >= 4 is 11.9 Å². The van der Waals surface area contributed by atoms with Crippen LogP contribution in [0.25, 0.3) is 0 Å². The molecule has 1 heterocycles. The third kappa shape index (κ3) is 2.73. The zero-order valence-corrected chi connectivity index (χ0v) is 11.8. The van der Waals surface area contributed by atoms with Gasteiger partial charge in [0.1, 0.15) is 18.3 Å². The van der Waals surface area contributed by atoms with Crippen LogP contribution in [-0.4, -0.2) is 29.1 Å². The number of ether oxygens (including phenoxy) is 1. The quantitative estimate of drug-likeness (QED) is 0.889. The van der Waals surface area contributed by atoms with E-state index in [-0.39, 0.29) is 18.2 Å². The zero-order valence-electron chi connectivity index (χ0n) is 11.8. The third-order valence-corrected chi connectivity index (χ3v) is 4.46. The highest BCUT2D eigenvalue weighted by molar-refractivity contribution is 5.86. The fourth-order valence-corrected chi connectivity index (χ4v) is 3.42. The summed E-state index contributed by atoms with van der Waals surface area (Å²) in [6.45, 7) is 0.328. The molecule has 1 atom stereocenters. The first-order valence-electron chi connectivity index (χ1n) is 7.35. The van der Waals surface area contributed by atoms with Crippen LogP contribution in [0.5, 0.6) is 5.75 Å². The standard InChI is InChI=1S/C16H19NO4/c18-14(19)9-16(7-3-4-8-16)17-15(20)12-10-21-13-6-2-1-5-11(12)13/h1-2,5-6,12H,3-4,7-10H2,(H,17,20)(H,18,19). The van der Waals surface area contributed by atoms with Gasteiger partial charge in [-0.2, -0.15) is 0 Å². The SMILES string of the molecule is O=C(O)CC1(NC(=O)C2COc3ccccc32)CCCC1. The van der Waals surface area contributed by atoms with Crippen molar-refractivity contribution in [3.05, 3.63) is 29.8 Å². The zero-order chi connectivity index (χ0) is 14.9. The number of fused-ring (bicyclic) bond motifs is 1. The van der Waals surface area contributed by atoms with Crippen molar-refractivity contribution in [2.75, 3.05) is 6.61 Å². The molecule has 1 fully saturated rings. The lowest BCUT2D eigenvalue weighted by molar-refractivity contribution is -0.139. The van der Waals surface area contributed by atoms with Crippen LogP contribution >= 0.6 is 0 Å². The number of carbonyl (C=O) groups excluding carboxylic acids is 1. The molecule has 0 bridgehead atoms. The van der Waals surface area contributed by atoms with Crippen LogP contribution in [0.4, 0.5) is 0 Å². The van der Waals surface area contributed by atoms with Crippen LogP contribution < -0.4 is 10.1 Å². The first kappa shape index (κ1) is 13.9. The summed E-state index contributed by atoms with van der Waals surface area (Å²) in [7, 11) is 0.